The molecule has 1 aromatic heterocycles. The molecule has 0 spiro atoms. The van der Waals surface area contributed by atoms with Gasteiger partial charge in [-0.1, -0.05) is 35.5 Å². The van der Waals surface area contributed by atoms with Crippen molar-refractivity contribution in [2.45, 2.75) is 5.16 Å². The second-order valence-corrected chi connectivity index (χ2v) is 7.18. The summed E-state index contributed by atoms with van der Waals surface area (Å²) in [6.07, 6.45) is 0. The zero-order chi connectivity index (χ0) is 21.0. The highest BCUT2D eigenvalue weighted by molar-refractivity contribution is 7.99. The molecule has 3 aromatic rings. The summed E-state index contributed by atoms with van der Waals surface area (Å²) in [6, 6.07) is 11.5. The first-order valence-corrected chi connectivity index (χ1v) is 9.66. The minimum atomic E-state index is -0.605. The first-order chi connectivity index (χ1) is 13.9. The van der Waals surface area contributed by atoms with Crippen LogP contribution in [0, 0.1) is 10.1 Å². The Bertz CT molecular complexity index is 1070. The summed E-state index contributed by atoms with van der Waals surface area (Å²) in [5.41, 5.74) is 0.807. The van der Waals surface area contributed by atoms with E-state index in [-0.39, 0.29) is 22.4 Å². The molecule has 11 heteroatoms. The van der Waals surface area contributed by atoms with Crippen LogP contribution in [0.25, 0.3) is 11.4 Å². The van der Waals surface area contributed by atoms with Crippen molar-refractivity contribution in [3.05, 3.63) is 57.6 Å². The topological polar surface area (TPSA) is 112 Å². The van der Waals surface area contributed by atoms with Gasteiger partial charge in [0.2, 0.25) is 5.91 Å². The first kappa shape index (κ1) is 20.6. The van der Waals surface area contributed by atoms with Crippen LogP contribution in [0.3, 0.4) is 0 Å². The van der Waals surface area contributed by atoms with Crippen molar-refractivity contribution in [2.24, 2.45) is 7.05 Å². The van der Waals surface area contributed by atoms with Crippen molar-refractivity contribution in [2.75, 3.05) is 18.2 Å². The molecule has 0 aliphatic carbocycles. The van der Waals surface area contributed by atoms with Gasteiger partial charge < -0.3 is 14.6 Å². The summed E-state index contributed by atoms with van der Waals surface area (Å²) < 4.78 is 7.12. The van der Waals surface area contributed by atoms with Crippen molar-refractivity contribution < 1.29 is 14.5 Å². The van der Waals surface area contributed by atoms with Gasteiger partial charge in [0.1, 0.15) is 10.8 Å². The van der Waals surface area contributed by atoms with Crippen LogP contribution in [-0.4, -0.2) is 38.5 Å². The minimum absolute atomic E-state index is 0.00493. The fraction of sp³-hybridized carbons (Fsp3) is 0.167. The number of methoxy groups -OCH3 is 1. The Morgan fingerprint density at radius 1 is 1.31 bits per heavy atom. The third-order valence-corrected chi connectivity index (χ3v) is 5.28. The molecule has 0 radical (unpaired) electrons. The molecular weight excluding hydrogens is 418 g/mol. The Labute approximate surface area is 175 Å². The number of benzene rings is 2. The van der Waals surface area contributed by atoms with E-state index in [0.717, 1.165) is 5.56 Å². The molecule has 3 rings (SSSR count). The van der Waals surface area contributed by atoms with Crippen molar-refractivity contribution in [3.63, 3.8) is 0 Å². The van der Waals surface area contributed by atoms with E-state index in [1.807, 2.05) is 24.3 Å². The van der Waals surface area contributed by atoms with Crippen LogP contribution in [0.4, 0.5) is 11.4 Å². The summed E-state index contributed by atoms with van der Waals surface area (Å²) in [6.45, 7) is 0. The molecule has 0 aliphatic heterocycles. The Kier molecular flexibility index (Phi) is 6.35. The summed E-state index contributed by atoms with van der Waals surface area (Å²) in [4.78, 5) is 22.6. The molecule has 0 saturated carbocycles. The molecule has 0 unspecified atom stereocenters. The smallest absolute Gasteiger partial charge is 0.289 e. The molecular formula is C18H16ClN5O4S. The lowest BCUT2D eigenvalue weighted by Gasteiger charge is -2.08. The molecule has 1 heterocycles. The zero-order valence-electron chi connectivity index (χ0n) is 15.5. The number of nitro groups is 1. The van der Waals surface area contributed by atoms with Gasteiger partial charge in [0, 0.05) is 18.8 Å². The second kappa shape index (κ2) is 8.93. The predicted octanol–water partition coefficient (Wildman–Crippen LogP) is 3.78. The Morgan fingerprint density at radius 3 is 2.79 bits per heavy atom. The number of carbonyl (C=O) groups is 1. The lowest BCUT2D eigenvalue weighted by Crippen LogP contribution is -2.14. The molecule has 1 N–H and O–H groups in total. The van der Waals surface area contributed by atoms with E-state index in [1.54, 1.807) is 18.7 Å². The van der Waals surface area contributed by atoms with E-state index in [9.17, 15) is 14.9 Å². The molecule has 0 aliphatic rings. The normalized spacial score (nSPS) is 10.6. The Morgan fingerprint density at radius 2 is 2.07 bits per heavy atom. The fourth-order valence-electron chi connectivity index (χ4n) is 2.56. The number of nitrogens with zero attached hydrogens (tertiary/aromatic N) is 4. The quantitative estimate of drug-likeness (QED) is 0.342. The number of aromatic nitrogens is 3. The summed E-state index contributed by atoms with van der Waals surface area (Å²) in [5.74, 6) is 0.989. The average Bonchev–Trinajstić information content (AvgIpc) is 3.07. The number of hydrogen-bond donors (Lipinski definition) is 1. The predicted molar refractivity (Wildman–Crippen MR) is 110 cm³/mol. The summed E-state index contributed by atoms with van der Waals surface area (Å²) in [7, 11) is 3.38. The van der Waals surface area contributed by atoms with Crippen LogP contribution in [-0.2, 0) is 11.8 Å². The van der Waals surface area contributed by atoms with Gasteiger partial charge in [-0.05, 0) is 24.3 Å². The van der Waals surface area contributed by atoms with Gasteiger partial charge in [-0.2, -0.15) is 0 Å². The lowest BCUT2D eigenvalue weighted by molar-refractivity contribution is -0.384. The number of rotatable bonds is 7. The molecule has 9 nitrogen and oxygen atoms in total. The van der Waals surface area contributed by atoms with Crippen LogP contribution in [0.2, 0.25) is 5.02 Å². The van der Waals surface area contributed by atoms with E-state index in [0.29, 0.717) is 22.4 Å². The summed E-state index contributed by atoms with van der Waals surface area (Å²) in [5, 5.41) is 22.4. The van der Waals surface area contributed by atoms with Gasteiger partial charge in [0.15, 0.2) is 11.0 Å². The van der Waals surface area contributed by atoms with Crippen LogP contribution < -0.4 is 10.1 Å². The number of carbonyl (C=O) groups excluding carboxylic acids is 1. The number of thioether (sulfide) groups is 1. The molecule has 0 fully saturated rings. The number of amides is 1. The van der Waals surface area contributed by atoms with Gasteiger partial charge in [0.25, 0.3) is 5.69 Å². The fourth-order valence-corrected chi connectivity index (χ4v) is 3.46. The third kappa shape index (κ3) is 4.66. The SMILES string of the molecule is COc1ccccc1-c1nnc(SCC(=O)Nc2ccc(Cl)c([N+](=O)[O-])c2)n1C. The van der Waals surface area contributed by atoms with Crippen molar-refractivity contribution in [3.8, 4) is 17.1 Å². The molecule has 0 atom stereocenters. The Hall–Kier alpha value is -3.11. The lowest BCUT2D eigenvalue weighted by atomic mass is 10.2. The summed E-state index contributed by atoms with van der Waals surface area (Å²) >= 11 is 6.97. The number of para-hydroxylation sites is 1. The van der Waals surface area contributed by atoms with Gasteiger partial charge in [-0.25, -0.2) is 0 Å². The maximum absolute atomic E-state index is 12.2. The van der Waals surface area contributed by atoms with Crippen molar-refractivity contribution in [1.29, 1.82) is 0 Å². The maximum Gasteiger partial charge on any atom is 0.289 e. The Balaban J connectivity index is 1.68. The average molecular weight is 434 g/mol. The van der Waals surface area contributed by atoms with Crippen molar-refractivity contribution >= 4 is 40.6 Å². The van der Waals surface area contributed by atoms with Gasteiger partial charge >= 0.3 is 0 Å². The standard InChI is InChI=1S/C18H16ClN5O4S/c1-23-17(12-5-3-4-6-15(12)28-2)21-22-18(23)29-10-16(25)20-11-7-8-13(19)14(9-11)24(26)27/h3-9H,10H2,1-2H3,(H,20,25). The van der Waals surface area contributed by atoms with Crippen molar-refractivity contribution in [1.82, 2.24) is 14.8 Å². The monoisotopic (exact) mass is 433 g/mol. The number of anilines is 1. The van der Waals surface area contributed by atoms with Crippen LogP contribution in [0.15, 0.2) is 47.6 Å². The van der Waals surface area contributed by atoms with Gasteiger partial charge in [-0.3, -0.25) is 14.9 Å². The van der Waals surface area contributed by atoms with Crippen LogP contribution >= 0.6 is 23.4 Å². The van der Waals surface area contributed by atoms with Crippen LogP contribution in [0.5, 0.6) is 5.75 Å². The van der Waals surface area contributed by atoms with Gasteiger partial charge in [-0.15, -0.1) is 10.2 Å². The second-order valence-electron chi connectivity index (χ2n) is 5.83. The van der Waals surface area contributed by atoms with E-state index in [1.165, 1.54) is 30.0 Å². The molecule has 1 amide bonds. The number of halogens is 1. The molecule has 2 aromatic carbocycles. The molecule has 150 valence electrons. The number of nitrogens with one attached hydrogen (secondary N) is 1. The number of ether oxygens (including phenoxy) is 1. The molecule has 0 bridgehead atoms. The zero-order valence-corrected chi connectivity index (χ0v) is 17.0. The minimum Gasteiger partial charge on any atom is -0.496 e. The highest BCUT2D eigenvalue weighted by atomic mass is 35.5. The van der Waals surface area contributed by atoms with E-state index >= 15 is 0 Å². The molecule has 0 saturated heterocycles. The number of hydrogen-bond acceptors (Lipinski definition) is 7. The highest BCUT2D eigenvalue weighted by Gasteiger charge is 2.17. The van der Waals surface area contributed by atoms with E-state index < -0.39 is 4.92 Å². The highest BCUT2D eigenvalue weighted by Crippen LogP contribution is 2.30. The van der Waals surface area contributed by atoms with Gasteiger partial charge in [0.05, 0.1) is 23.3 Å². The first-order valence-electron chi connectivity index (χ1n) is 8.30. The van der Waals surface area contributed by atoms with Crippen LogP contribution in [0.1, 0.15) is 0 Å². The molecule has 29 heavy (non-hydrogen) atoms. The van der Waals surface area contributed by atoms with E-state index in [4.69, 9.17) is 16.3 Å². The maximum atomic E-state index is 12.2. The largest absolute Gasteiger partial charge is 0.496 e. The van der Waals surface area contributed by atoms with E-state index in [2.05, 4.69) is 15.5 Å². The number of nitro benzene ring substituents is 1. The third-order valence-electron chi connectivity index (χ3n) is 3.94.